The Kier molecular flexibility index (Phi) is 3.57. The van der Waals surface area contributed by atoms with Crippen LogP contribution in [0.15, 0.2) is 28.8 Å². The van der Waals surface area contributed by atoms with Crippen molar-refractivity contribution in [3.63, 3.8) is 0 Å². The summed E-state index contributed by atoms with van der Waals surface area (Å²) in [5.41, 5.74) is 8.56. The molecule has 0 spiro atoms. The third-order valence-corrected chi connectivity index (χ3v) is 4.33. The van der Waals surface area contributed by atoms with Crippen molar-refractivity contribution in [1.29, 1.82) is 0 Å². The van der Waals surface area contributed by atoms with Crippen LogP contribution in [0.3, 0.4) is 0 Å². The van der Waals surface area contributed by atoms with Gasteiger partial charge in [-0.1, -0.05) is 41.4 Å². The Labute approximate surface area is 119 Å². The van der Waals surface area contributed by atoms with Crippen molar-refractivity contribution in [3.8, 4) is 0 Å². The molecule has 4 heteroatoms. The van der Waals surface area contributed by atoms with E-state index in [9.17, 15) is 0 Å². The van der Waals surface area contributed by atoms with E-state index in [1.54, 1.807) is 0 Å². The Morgan fingerprint density at radius 2 is 2.20 bits per heavy atom. The van der Waals surface area contributed by atoms with Gasteiger partial charge in [0.05, 0.1) is 0 Å². The zero-order valence-corrected chi connectivity index (χ0v) is 11.9. The maximum absolute atomic E-state index is 5.87. The smallest absolute Gasteiger partial charge is 0.227 e. The minimum Gasteiger partial charge on any atom is -0.339 e. The Morgan fingerprint density at radius 3 is 2.85 bits per heavy atom. The topological polar surface area (TPSA) is 64.9 Å². The van der Waals surface area contributed by atoms with Gasteiger partial charge in [0, 0.05) is 12.8 Å². The molecule has 0 saturated heterocycles. The molecule has 1 saturated carbocycles. The summed E-state index contributed by atoms with van der Waals surface area (Å²) in [6, 6.07) is 8.40. The normalized spacial score (nSPS) is 16.9. The number of nitrogens with two attached hydrogens (primary N) is 1. The highest BCUT2D eigenvalue weighted by Crippen LogP contribution is 2.42. The average Bonchev–Trinajstić information content (AvgIpc) is 2.81. The van der Waals surface area contributed by atoms with E-state index in [1.807, 2.05) is 0 Å². The van der Waals surface area contributed by atoms with Crippen LogP contribution in [0.4, 0.5) is 0 Å². The van der Waals surface area contributed by atoms with Gasteiger partial charge in [0.15, 0.2) is 5.82 Å². The number of rotatable bonds is 5. The van der Waals surface area contributed by atoms with Gasteiger partial charge in [-0.25, -0.2) is 0 Å². The predicted molar refractivity (Wildman–Crippen MR) is 77.3 cm³/mol. The molecule has 4 nitrogen and oxygen atoms in total. The Bertz CT molecular complexity index is 581. The largest absolute Gasteiger partial charge is 0.339 e. The minimum atomic E-state index is 0.215. The van der Waals surface area contributed by atoms with Crippen molar-refractivity contribution in [1.82, 2.24) is 10.1 Å². The molecule has 0 radical (unpaired) electrons. The molecule has 0 unspecified atom stereocenters. The molecular formula is C16H21N3O. The van der Waals surface area contributed by atoms with Crippen molar-refractivity contribution in [3.05, 3.63) is 47.1 Å². The van der Waals surface area contributed by atoms with Crippen molar-refractivity contribution in [2.24, 2.45) is 11.1 Å². The van der Waals surface area contributed by atoms with Crippen LogP contribution >= 0.6 is 0 Å². The van der Waals surface area contributed by atoms with E-state index in [1.165, 1.54) is 30.4 Å². The van der Waals surface area contributed by atoms with Crippen LogP contribution in [-0.2, 0) is 12.8 Å². The lowest BCUT2D eigenvalue weighted by Gasteiger charge is -2.39. The summed E-state index contributed by atoms with van der Waals surface area (Å²) >= 11 is 0. The Morgan fingerprint density at radius 1 is 1.35 bits per heavy atom. The van der Waals surface area contributed by atoms with Crippen molar-refractivity contribution < 1.29 is 4.52 Å². The number of aromatic nitrogens is 2. The molecule has 1 aliphatic carbocycles. The zero-order valence-electron chi connectivity index (χ0n) is 11.9. The highest BCUT2D eigenvalue weighted by molar-refractivity contribution is 5.24. The number of nitrogens with zero attached hydrogens (tertiary/aromatic N) is 2. The molecular weight excluding hydrogens is 250 g/mol. The number of aryl methyl sites for hydroxylation is 1. The molecule has 0 amide bonds. The molecule has 1 heterocycles. The van der Waals surface area contributed by atoms with E-state index in [0.717, 1.165) is 24.6 Å². The Hall–Kier alpha value is -1.68. The molecule has 0 bridgehead atoms. The first kappa shape index (κ1) is 13.3. The molecule has 2 N–H and O–H groups in total. The van der Waals surface area contributed by atoms with Gasteiger partial charge in [-0.3, -0.25) is 0 Å². The molecule has 1 aliphatic rings. The van der Waals surface area contributed by atoms with Crippen molar-refractivity contribution in [2.45, 2.75) is 39.0 Å². The summed E-state index contributed by atoms with van der Waals surface area (Å²) in [6.07, 6.45) is 5.17. The first-order chi connectivity index (χ1) is 9.69. The maximum atomic E-state index is 5.87. The lowest BCUT2D eigenvalue weighted by atomic mass is 9.67. The molecule has 2 aromatic rings. The summed E-state index contributed by atoms with van der Waals surface area (Å²) in [5, 5.41) is 4.09. The van der Waals surface area contributed by atoms with E-state index in [0.29, 0.717) is 6.54 Å². The maximum Gasteiger partial charge on any atom is 0.227 e. The molecule has 20 heavy (non-hydrogen) atoms. The highest BCUT2D eigenvalue weighted by atomic mass is 16.5. The van der Waals surface area contributed by atoms with Crippen LogP contribution in [-0.4, -0.2) is 16.7 Å². The van der Waals surface area contributed by atoms with Gasteiger partial charge in [0.2, 0.25) is 5.89 Å². The van der Waals surface area contributed by atoms with Gasteiger partial charge in [-0.15, -0.1) is 0 Å². The van der Waals surface area contributed by atoms with E-state index >= 15 is 0 Å². The summed E-state index contributed by atoms with van der Waals surface area (Å²) in [5.74, 6) is 1.50. The fourth-order valence-corrected chi connectivity index (χ4v) is 2.89. The predicted octanol–water partition coefficient (Wildman–Crippen LogP) is 2.64. The first-order valence-corrected chi connectivity index (χ1v) is 7.26. The highest BCUT2D eigenvalue weighted by Gasteiger charge is 2.37. The van der Waals surface area contributed by atoms with Gasteiger partial charge in [0.1, 0.15) is 0 Å². The van der Waals surface area contributed by atoms with E-state index < -0.39 is 0 Å². The standard InChI is InChI=1S/C16H21N3O/c1-12-4-2-5-13(8-12)9-14-18-15(20-19-14)10-16(11-17)6-3-7-16/h2,4-5,8H,3,6-7,9-11,17H2,1H3. The third kappa shape index (κ3) is 2.75. The zero-order chi connectivity index (χ0) is 14.0. The summed E-state index contributed by atoms with van der Waals surface area (Å²) in [4.78, 5) is 4.52. The average molecular weight is 271 g/mol. The lowest BCUT2D eigenvalue weighted by molar-refractivity contribution is 0.129. The quantitative estimate of drug-likeness (QED) is 0.908. The third-order valence-electron chi connectivity index (χ3n) is 4.33. The summed E-state index contributed by atoms with van der Waals surface area (Å²) in [6.45, 7) is 2.80. The fourth-order valence-electron chi connectivity index (χ4n) is 2.89. The first-order valence-electron chi connectivity index (χ1n) is 7.26. The SMILES string of the molecule is Cc1cccc(Cc2noc(CC3(CN)CCC3)n2)c1. The fraction of sp³-hybridized carbons (Fsp3) is 0.500. The van der Waals surface area contributed by atoms with Gasteiger partial charge < -0.3 is 10.3 Å². The number of benzene rings is 1. The van der Waals surface area contributed by atoms with E-state index in [2.05, 4.69) is 41.3 Å². The van der Waals surface area contributed by atoms with Gasteiger partial charge in [0.25, 0.3) is 0 Å². The second-order valence-corrected chi connectivity index (χ2v) is 6.00. The molecule has 1 aromatic carbocycles. The van der Waals surface area contributed by atoms with Crippen LogP contribution in [0.25, 0.3) is 0 Å². The molecule has 3 rings (SSSR count). The molecule has 106 valence electrons. The summed E-state index contributed by atoms with van der Waals surface area (Å²) < 4.78 is 5.38. The monoisotopic (exact) mass is 271 g/mol. The van der Waals surface area contributed by atoms with E-state index in [4.69, 9.17) is 10.3 Å². The van der Waals surface area contributed by atoms with Crippen LogP contribution in [0.2, 0.25) is 0 Å². The second-order valence-electron chi connectivity index (χ2n) is 6.00. The van der Waals surface area contributed by atoms with Gasteiger partial charge >= 0.3 is 0 Å². The van der Waals surface area contributed by atoms with Crippen LogP contribution < -0.4 is 5.73 Å². The van der Waals surface area contributed by atoms with Crippen molar-refractivity contribution >= 4 is 0 Å². The Balaban J connectivity index is 1.67. The molecule has 0 atom stereocenters. The van der Waals surface area contributed by atoms with Crippen LogP contribution in [0.1, 0.15) is 42.1 Å². The number of hydrogen-bond donors (Lipinski definition) is 1. The molecule has 1 aromatic heterocycles. The second kappa shape index (κ2) is 5.37. The van der Waals surface area contributed by atoms with Crippen molar-refractivity contribution in [2.75, 3.05) is 6.54 Å². The van der Waals surface area contributed by atoms with Gasteiger partial charge in [-0.05, 0) is 37.3 Å². The minimum absolute atomic E-state index is 0.215. The van der Waals surface area contributed by atoms with Crippen LogP contribution in [0, 0.1) is 12.3 Å². The number of hydrogen-bond acceptors (Lipinski definition) is 4. The van der Waals surface area contributed by atoms with Crippen LogP contribution in [0.5, 0.6) is 0 Å². The van der Waals surface area contributed by atoms with E-state index in [-0.39, 0.29) is 5.41 Å². The summed E-state index contributed by atoms with van der Waals surface area (Å²) in [7, 11) is 0. The molecule has 1 fully saturated rings. The molecule has 0 aliphatic heterocycles. The van der Waals surface area contributed by atoms with Gasteiger partial charge in [-0.2, -0.15) is 4.98 Å². The lowest BCUT2D eigenvalue weighted by Crippen LogP contribution is -2.39.